The van der Waals surface area contributed by atoms with Crippen molar-refractivity contribution in [2.75, 3.05) is 6.26 Å². The van der Waals surface area contributed by atoms with E-state index in [1.54, 1.807) is 24.3 Å². The fourth-order valence-electron chi connectivity index (χ4n) is 1.76. The molecule has 4 N–H and O–H groups in total. The first-order valence-corrected chi connectivity index (χ1v) is 8.53. The van der Waals surface area contributed by atoms with Crippen LogP contribution >= 0.6 is 0 Å². The van der Waals surface area contributed by atoms with Crippen molar-refractivity contribution in [2.45, 2.75) is 0 Å². The van der Waals surface area contributed by atoms with Crippen molar-refractivity contribution in [3.8, 4) is 5.75 Å². The molecule has 1 aromatic carbocycles. The summed E-state index contributed by atoms with van der Waals surface area (Å²) in [5.41, 5.74) is 6.26. The van der Waals surface area contributed by atoms with Crippen LogP contribution in [0.2, 0.25) is 0 Å². The molecule has 0 aliphatic heterocycles. The molecule has 0 unspecified atom stereocenters. The molecule has 0 fully saturated rings. The van der Waals surface area contributed by atoms with Crippen molar-refractivity contribution < 1.29 is 31.3 Å². The van der Waals surface area contributed by atoms with Crippen LogP contribution in [-0.4, -0.2) is 31.0 Å². The van der Waals surface area contributed by atoms with E-state index in [2.05, 4.69) is 0 Å². The zero-order valence-corrected chi connectivity index (χ0v) is 13.7. The summed E-state index contributed by atoms with van der Waals surface area (Å²) < 4.78 is 41.3. The Morgan fingerprint density at radius 3 is 2.52 bits per heavy atom. The van der Waals surface area contributed by atoms with Crippen LogP contribution in [0.25, 0.3) is 11.0 Å². The molecule has 0 bridgehead atoms. The van der Waals surface area contributed by atoms with E-state index in [4.69, 9.17) is 29.3 Å². The van der Waals surface area contributed by atoms with Crippen LogP contribution in [-0.2, 0) is 10.1 Å². The summed E-state index contributed by atoms with van der Waals surface area (Å²) in [5, 5.41) is 8.02. The van der Waals surface area contributed by atoms with Crippen molar-refractivity contribution >= 4 is 32.9 Å². The van der Waals surface area contributed by atoms with Crippen molar-refractivity contribution in [1.82, 2.24) is 0 Å². The van der Waals surface area contributed by atoms with Gasteiger partial charge in [-0.25, -0.2) is 4.79 Å². The summed E-state index contributed by atoms with van der Waals surface area (Å²) in [4.78, 5) is 11.8. The molecule has 0 radical (unpaired) electrons. The number of esters is 1. The normalized spacial score (nSPS) is 10.8. The Balaban J connectivity index is 0.000000399. The number of nitrogen functional groups attached to an aromatic ring is 1. The van der Waals surface area contributed by atoms with E-state index in [0.717, 1.165) is 0 Å². The summed E-state index contributed by atoms with van der Waals surface area (Å²) in [6.07, 6.45) is 3.43. The molecule has 0 saturated heterocycles. The van der Waals surface area contributed by atoms with E-state index >= 15 is 0 Å². The molecule has 9 nitrogen and oxygen atoms in total. The topological polar surface area (TPSA) is 157 Å². The van der Waals surface area contributed by atoms with E-state index in [9.17, 15) is 13.2 Å². The summed E-state index contributed by atoms with van der Waals surface area (Å²) in [6.45, 7) is 0. The maximum Gasteiger partial charge on any atom is 0.346 e. The minimum Gasteiger partial charge on any atom is -0.472 e. The zero-order valence-electron chi connectivity index (χ0n) is 12.9. The van der Waals surface area contributed by atoms with Gasteiger partial charge in [-0.3, -0.25) is 9.96 Å². The summed E-state index contributed by atoms with van der Waals surface area (Å²) in [6, 6.07) is 8.04. The van der Waals surface area contributed by atoms with E-state index in [1.165, 1.54) is 18.6 Å². The number of hydrogen-bond donors (Lipinski definition) is 3. The highest BCUT2D eigenvalue weighted by Gasteiger charge is 2.12. The Labute approximate surface area is 142 Å². The average Bonchev–Trinajstić information content (AvgIpc) is 3.14. The lowest BCUT2D eigenvalue weighted by molar-refractivity contribution is 0.0734. The van der Waals surface area contributed by atoms with Gasteiger partial charge in [-0.2, -0.15) is 8.42 Å². The predicted octanol–water partition coefficient (Wildman–Crippen LogP) is 2.03. The molecule has 25 heavy (non-hydrogen) atoms. The highest BCUT2D eigenvalue weighted by molar-refractivity contribution is 7.85. The third-order valence-electron chi connectivity index (χ3n) is 2.72. The van der Waals surface area contributed by atoms with Crippen LogP contribution in [0.3, 0.4) is 0 Å². The Morgan fingerprint density at radius 1 is 1.28 bits per heavy atom. The van der Waals surface area contributed by atoms with Crippen molar-refractivity contribution in [3.63, 3.8) is 0 Å². The molecule has 2 heterocycles. The highest BCUT2D eigenvalue weighted by atomic mass is 32.2. The van der Waals surface area contributed by atoms with Crippen LogP contribution in [0.1, 0.15) is 16.1 Å². The number of fused-ring (bicyclic) bond motifs is 1. The second-order valence-electron chi connectivity index (χ2n) is 4.86. The average molecular weight is 366 g/mol. The van der Waals surface area contributed by atoms with E-state index in [1.807, 2.05) is 0 Å². The number of amidine groups is 1. The van der Waals surface area contributed by atoms with Gasteiger partial charge in [0.05, 0.1) is 18.1 Å². The molecule has 0 saturated carbocycles. The second kappa shape index (κ2) is 7.20. The third-order valence-corrected chi connectivity index (χ3v) is 2.72. The number of nitrogens with one attached hydrogen (secondary N) is 1. The Kier molecular flexibility index (Phi) is 5.25. The lowest BCUT2D eigenvalue weighted by Crippen LogP contribution is -2.09. The van der Waals surface area contributed by atoms with Crippen LogP contribution in [0.4, 0.5) is 0 Å². The minimum atomic E-state index is -3.67. The van der Waals surface area contributed by atoms with Gasteiger partial charge in [0.2, 0.25) is 0 Å². The molecular weight excluding hydrogens is 352 g/mol. The number of carbonyl (C=O) groups excluding carboxylic acids is 1. The fraction of sp³-hybridized carbons (Fsp3) is 0.0667. The van der Waals surface area contributed by atoms with Gasteiger partial charge >= 0.3 is 5.97 Å². The van der Waals surface area contributed by atoms with Gasteiger partial charge in [-0.05, 0) is 30.3 Å². The lowest BCUT2D eigenvalue weighted by Gasteiger charge is -2.01. The molecule has 3 rings (SSSR count). The largest absolute Gasteiger partial charge is 0.472 e. The Morgan fingerprint density at radius 2 is 1.96 bits per heavy atom. The number of rotatable bonds is 3. The van der Waals surface area contributed by atoms with Crippen LogP contribution in [0, 0.1) is 5.41 Å². The highest BCUT2D eigenvalue weighted by Crippen LogP contribution is 2.24. The van der Waals surface area contributed by atoms with Crippen molar-refractivity contribution in [1.29, 1.82) is 5.41 Å². The number of nitrogens with two attached hydrogens (primary N) is 1. The van der Waals surface area contributed by atoms with Gasteiger partial charge in [0.1, 0.15) is 17.6 Å². The smallest absolute Gasteiger partial charge is 0.346 e. The molecule has 0 aliphatic rings. The first-order valence-electron chi connectivity index (χ1n) is 6.68. The standard InChI is InChI=1S/C14H10N2O4.CH4O3S/c15-13(16)12-6-9-5-10(1-2-11(9)20-12)19-14(17)8-3-4-18-7-8;1-5(2,3)4/h1-7H,(H3,15,16);1H3,(H,2,3,4). The molecule has 0 aliphatic carbocycles. The van der Waals surface area contributed by atoms with Crippen LogP contribution < -0.4 is 10.5 Å². The Hall–Kier alpha value is -3.11. The first-order chi connectivity index (χ1) is 11.6. The Bertz CT molecular complexity index is 996. The van der Waals surface area contributed by atoms with Gasteiger partial charge in [-0.1, -0.05) is 0 Å². The summed E-state index contributed by atoms with van der Waals surface area (Å²) >= 11 is 0. The molecule has 3 aromatic rings. The zero-order chi connectivity index (χ0) is 18.6. The molecule has 0 amide bonds. The molecular formula is C15H14N2O7S. The SMILES string of the molecule is CS(=O)(=O)O.N=C(N)c1cc2cc(OC(=O)c3ccoc3)ccc2o1. The van der Waals surface area contributed by atoms with E-state index in [0.29, 0.717) is 28.5 Å². The fourth-order valence-corrected chi connectivity index (χ4v) is 1.76. The molecule has 10 heteroatoms. The minimum absolute atomic E-state index is 0.154. The lowest BCUT2D eigenvalue weighted by atomic mass is 10.2. The van der Waals surface area contributed by atoms with Gasteiger partial charge in [0.15, 0.2) is 11.6 Å². The quantitative estimate of drug-likeness (QED) is 0.209. The number of furan rings is 2. The van der Waals surface area contributed by atoms with Crippen LogP contribution in [0.15, 0.2) is 51.7 Å². The number of benzene rings is 1. The van der Waals surface area contributed by atoms with Crippen LogP contribution in [0.5, 0.6) is 5.75 Å². The number of hydrogen-bond acceptors (Lipinski definition) is 7. The third kappa shape index (κ3) is 5.48. The molecule has 132 valence electrons. The molecule has 0 atom stereocenters. The summed E-state index contributed by atoms with van der Waals surface area (Å²) in [5.74, 6) is -0.00978. The number of carbonyl (C=O) groups is 1. The van der Waals surface area contributed by atoms with Gasteiger partial charge in [0.25, 0.3) is 10.1 Å². The van der Waals surface area contributed by atoms with Gasteiger partial charge < -0.3 is 19.3 Å². The monoisotopic (exact) mass is 366 g/mol. The van der Waals surface area contributed by atoms with Gasteiger partial charge in [-0.15, -0.1) is 0 Å². The van der Waals surface area contributed by atoms with Gasteiger partial charge in [0, 0.05) is 5.39 Å². The molecule has 2 aromatic heterocycles. The second-order valence-corrected chi connectivity index (χ2v) is 6.32. The predicted molar refractivity (Wildman–Crippen MR) is 88.4 cm³/mol. The molecule has 0 spiro atoms. The number of ether oxygens (including phenoxy) is 1. The van der Waals surface area contributed by atoms with Crippen molar-refractivity contribution in [3.05, 3.63) is 54.2 Å². The first kappa shape index (κ1) is 18.2. The van der Waals surface area contributed by atoms with E-state index < -0.39 is 16.1 Å². The maximum atomic E-state index is 11.8. The maximum absolute atomic E-state index is 11.8. The summed E-state index contributed by atoms with van der Waals surface area (Å²) in [7, 11) is -3.67. The van der Waals surface area contributed by atoms with E-state index in [-0.39, 0.29) is 11.6 Å². The van der Waals surface area contributed by atoms with Crippen molar-refractivity contribution in [2.24, 2.45) is 5.73 Å².